The molecule has 0 aromatic rings. The maximum atomic E-state index is 12.0. The average Bonchev–Trinajstić information content (AvgIpc) is 1.99. The predicted molar refractivity (Wildman–Crippen MR) is 66.2 cm³/mol. The van der Waals surface area contributed by atoms with Crippen LogP contribution in [0.2, 0.25) is 0 Å². The Morgan fingerprint density at radius 2 is 1.06 bits per heavy atom. The van der Waals surface area contributed by atoms with Gasteiger partial charge < -0.3 is 0 Å². The van der Waals surface area contributed by atoms with Crippen LogP contribution in [0.4, 0.5) is 0 Å². The van der Waals surface area contributed by atoms with Crippen molar-refractivity contribution < 1.29 is 16.8 Å². The van der Waals surface area contributed by atoms with Crippen molar-refractivity contribution in [2.45, 2.75) is 55.7 Å². The van der Waals surface area contributed by atoms with E-state index in [0.717, 1.165) is 0 Å². The van der Waals surface area contributed by atoms with Crippen LogP contribution in [-0.4, -0.2) is 31.0 Å². The molecule has 0 saturated carbocycles. The lowest BCUT2D eigenvalue weighted by molar-refractivity contribution is 0.541. The van der Waals surface area contributed by atoms with Gasteiger partial charge >= 0.3 is 4.71 Å². The average molecular weight is 283 g/mol. The largest absolute Gasteiger partial charge is 0.507 e. The quantitative estimate of drug-likeness (QED) is 0.716. The Bertz CT molecular complexity index is 483. The molecule has 0 unspecified atom stereocenters. The predicted octanol–water partition coefficient (Wildman–Crippen LogP) is 1.55. The highest BCUT2D eigenvalue weighted by Crippen LogP contribution is 2.31. The van der Waals surface area contributed by atoms with Gasteiger partial charge in [0.05, 0.1) is 9.49 Å². The fraction of sp³-hybridized carbons (Fsp3) is 1.00. The molecule has 6 nitrogen and oxygen atoms in total. The van der Waals surface area contributed by atoms with Gasteiger partial charge in [0.25, 0.3) is 19.7 Å². The monoisotopic (exact) mass is 283 g/mol. The molecular weight excluding hydrogens is 264 g/mol. The van der Waals surface area contributed by atoms with Crippen molar-refractivity contribution in [3.63, 3.8) is 0 Å². The molecule has 17 heavy (non-hydrogen) atoms. The summed E-state index contributed by atoms with van der Waals surface area (Å²) in [7, 11) is -8.27. The Morgan fingerprint density at radius 3 is 1.18 bits per heavy atom. The molecule has 0 aliphatic rings. The van der Waals surface area contributed by atoms with Crippen molar-refractivity contribution in [2.24, 2.45) is 0 Å². The summed E-state index contributed by atoms with van der Waals surface area (Å²) >= 11 is 0. The molecule has 0 aromatic heterocycles. The zero-order valence-corrected chi connectivity index (χ0v) is 12.6. The highest BCUT2D eigenvalue weighted by atomic mass is 32.3. The third-order valence-electron chi connectivity index (χ3n) is 2.33. The van der Waals surface area contributed by atoms with Gasteiger partial charge in [0.1, 0.15) is 0 Å². The number of nitrogens with zero attached hydrogens (tertiary/aromatic N) is 2. The van der Waals surface area contributed by atoms with Crippen molar-refractivity contribution in [3.8, 4) is 0 Å². The number of rotatable bonds is 2. The van der Waals surface area contributed by atoms with E-state index in [1.54, 1.807) is 0 Å². The second-order valence-electron chi connectivity index (χ2n) is 5.74. The van der Waals surface area contributed by atoms with Gasteiger partial charge in [-0.1, -0.05) is 0 Å². The zero-order valence-electron chi connectivity index (χ0n) is 10.9. The van der Waals surface area contributed by atoms with E-state index in [1.165, 1.54) is 41.5 Å². The summed E-state index contributed by atoms with van der Waals surface area (Å²) in [6, 6.07) is 0. The maximum absolute atomic E-state index is 12.0. The molecule has 0 heterocycles. The molecule has 0 aliphatic heterocycles. The van der Waals surface area contributed by atoms with Crippen LogP contribution >= 0.6 is 0 Å². The molecule has 0 aliphatic carbocycles. The van der Waals surface area contributed by atoms with Crippen molar-refractivity contribution in [1.29, 1.82) is 5.39 Å². The summed E-state index contributed by atoms with van der Waals surface area (Å²) in [6.07, 6.45) is 0. The molecule has 0 rings (SSSR count). The van der Waals surface area contributed by atoms with E-state index in [9.17, 15) is 16.8 Å². The SMILES string of the molecule is CC(C)(C)S(=O)(=O)C([N+]#N)S(=O)(=O)C(C)(C)C. The van der Waals surface area contributed by atoms with Gasteiger partial charge in [-0.05, 0) is 41.5 Å². The third-order valence-corrected chi connectivity index (χ3v) is 8.52. The van der Waals surface area contributed by atoms with Crippen LogP contribution in [0.1, 0.15) is 41.5 Å². The maximum Gasteiger partial charge on any atom is 0.507 e. The van der Waals surface area contributed by atoms with E-state index >= 15 is 0 Å². The van der Waals surface area contributed by atoms with Gasteiger partial charge in [-0.25, -0.2) is 16.8 Å². The molecule has 0 spiro atoms. The molecule has 0 amide bonds. The Balaban J connectivity index is 6.03. The van der Waals surface area contributed by atoms with Crippen LogP contribution in [-0.2, 0) is 19.7 Å². The van der Waals surface area contributed by atoms with Crippen LogP contribution in [0.5, 0.6) is 0 Å². The first kappa shape index (κ1) is 16.3. The minimum Gasteiger partial charge on any atom is -0.219 e. The van der Waals surface area contributed by atoms with Crippen molar-refractivity contribution in [3.05, 3.63) is 4.98 Å². The van der Waals surface area contributed by atoms with Gasteiger partial charge in [-0.15, -0.1) is 0 Å². The van der Waals surface area contributed by atoms with Gasteiger partial charge in [-0.2, -0.15) is 0 Å². The first-order chi connectivity index (χ1) is 7.19. The lowest BCUT2D eigenvalue weighted by Gasteiger charge is -2.22. The highest BCUT2D eigenvalue weighted by Gasteiger charge is 2.58. The summed E-state index contributed by atoms with van der Waals surface area (Å²) < 4.78 is 43.4. The first-order valence-electron chi connectivity index (χ1n) is 5.00. The van der Waals surface area contributed by atoms with Crippen LogP contribution in [0.15, 0.2) is 0 Å². The first-order valence-corrected chi connectivity index (χ1v) is 8.10. The normalized spacial score (nSPS) is 14.7. The van der Waals surface area contributed by atoms with E-state index in [2.05, 4.69) is 4.98 Å². The summed E-state index contributed by atoms with van der Waals surface area (Å²) in [5, 5.41) is 8.79. The molecule has 0 aromatic carbocycles. The Kier molecular flexibility index (Phi) is 4.04. The fourth-order valence-corrected chi connectivity index (χ4v) is 5.42. The molecule has 0 bridgehead atoms. The smallest absolute Gasteiger partial charge is 0.219 e. The second kappa shape index (κ2) is 4.21. The fourth-order valence-electron chi connectivity index (χ4n) is 0.896. The molecule has 0 saturated heterocycles. The van der Waals surface area contributed by atoms with Crippen molar-refractivity contribution in [1.82, 2.24) is 0 Å². The number of diazo groups is 1. The molecule has 0 fully saturated rings. The zero-order chi connectivity index (χ0) is 14.3. The van der Waals surface area contributed by atoms with Crippen molar-refractivity contribution in [2.75, 3.05) is 0 Å². The third kappa shape index (κ3) is 2.77. The van der Waals surface area contributed by atoms with Gasteiger partial charge in [0.15, 0.2) is 4.98 Å². The molecule has 0 radical (unpaired) electrons. The Labute approximate surface area is 103 Å². The highest BCUT2D eigenvalue weighted by molar-refractivity contribution is 8.10. The summed E-state index contributed by atoms with van der Waals surface area (Å²) in [6.45, 7) is 8.16. The summed E-state index contributed by atoms with van der Waals surface area (Å²) in [5.74, 6) is 0. The van der Waals surface area contributed by atoms with Crippen LogP contribution in [0.25, 0.3) is 4.98 Å². The van der Waals surface area contributed by atoms with Gasteiger partial charge in [-0.3, -0.25) is 0 Å². The molecule has 0 N–H and O–H groups in total. The topological polar surface area (TPSA) is 96.4 Å². The molecule has 100 valence electrons. The van der Waals surface area contributed by atoms with E-state index < -0.39 is 33.9 Å². The van der Waals surface area contributed by atoms with Crippen LogP contribution < -0.4 is 0 Å². The van der Waals surface area contributed by atoms with E-state index in [0.29, 0.717) is 0 Å². The van der Waals surface area contributed by atoms with E-state index in [1.807, 2.05) is 0 Å². The lowest BCUT2D eigenvalue weighted by Crippen LogP contribution is -2.45. The minimum atomic E-state index is -4.13. The van der Waals surface area contributed by atoms with Gasteiger partial charge in [0, 0.05) is 0 Å². The number of hydrogen-bond donors (Lipinski definition) is 0. The molecule has 8 heteroatoms. The second-order valence-corrected chi connectivity index (χ2v) is 11.6. The Morgan fingerprint density at radius 1 is 0.824 bits per heavy atom. The minimum absolute atomic E-state index is 1.32. The summed E-state index contributed by atoms with van der Waals surface area (Å²) in [5.41, 5.74) is 0. The van der Waals surface area contributed by atoms with E-state index in [4.69, 9.17) is 5.39 Å². The molecule has 0 atom stereocenters. The van der Waals surface area contributed by atoms with Crippen LogP contribution in [0.3, 0.4) is 0 Å². The van der Waals surface area contributed by atoms with Crippen molar-refractivity contribution >= 4 is 19.7 Å². The Hall–Kier alpha value is -0.680. The molecular formula is C9H19N2O4S2+. The number of hydrogen-bond acceptors (Lipinski definition) is 5. The lowest BCUT2D eigenvalue weighted by atomic mass is 10.3. The van der Waals surface area contributed by atoms with Gasteiger partial charge in [0.2, 0.25) is 5.39 Å². The summed E-state index contributed by atoms with van der Waals surface area (Å²) in [4.78, 5) is 2.59. The standard InChI is InChI=1S/C9H19N2O4S2/c1-8(2,3)16(12,13)7(11-10)17(14,15)9(4,5)6/h7H,1-6H3/q+1. The van der Waals surface area contributed by atoms with E-state index in [-0.39, 0.29) is 0 Å². The van der Waals surface area contributed by atoms with Crippen LogP contribution in [0, 0.1) is 5.39 Å². The number of sulfone groups is 2.